The molecule has 0 aromatic rings. The smallest absolute Gasteiger partial charge is 0.353 e. The zero-order valence-electron chi connectivity index (χ0n) is 6.41. The predicted molar refractivity (Wildman–Crippen MR) is 45.4 cm³/mol. The van der Waals surface area contributed by atoms with Crippen LogP contribution in [0.2, 0.25) is 0 Å². The van der Waals surface area contributed by atoms with Crippen LogP contribution < -0.4 is 0 Å². The summed E-state index contributed by atoms with van der Waals surface area (Å²) in [6.07, 6.45) is 6.59. The summed E-state index contributed by atoms with van der Waals surface area (Å²) in [5.74, 6) is 0. The average Bonchev–Trinajstić information content (AvgIpc) is 2.17. The second-order valence-corrected chi connectivity index (χ2v) is 3.53. The normalized spacial score (nSPS) is 36.9. The topological polar surface area (TPSA) is 18.5 Å². The lowest BCUT2D eigenvalue weighted by Crippen LogP contribution is -2.20. The Balaban J connectivity index is 2.01. The number of thiocarbonyl (C=S) groups is 1. The number of rotatable bonds is 0. The molecule has 3 heteroatoms. The van der Waals surface area contributed by atoms with Crippen LogP contribution in [-0.4, -0.2) is 17.4 Å². The first-order chi connectivity index (χ1) is 5.36. The predicted octanol–water partition coefficient (Wildman–Crippen LogP) is 2.02. The summed E-state index contributed by atoms with van der Waals surface area (Å²) in [6, 6.07) is 0. The minimum Gasteiger partial charge on any atom is -0.450 e. The van der Waals surface area contributed by atoms with Gasteiger partial charge in [0.25, 0.3) is 0 Å². The molecule has 0 amide bonds. The van der Waals surface area contributed by atoms with Crippen molar-refractivity contribution in [3.05, 3.63) is 0 Å². The van der Waals surface area contributed by atoms with Gasteiger partial charge in [0.05, 0.1) is 0 Å². The molecule has 0 bridgehead atoms. The monoisotopic (exact) mass is 172 g/mol. The molecule has 2 aliphatic rings. The largest absolute Gasteiger partial charge is 0.450 e. The molecule has 2 nitrogen and oxygen atoms in total. The van der Waals surface area contributed by atoms with E-state index in [2.05, 4.69) is 0 Å². The zero-order chi connectivity index (χ0) is 7.68. The van der Waals surface area contributed by atoms with Gasteiger partial charge in [-0.25, -0.2) is 0 Å². The molecule has 0 radical (unpaired) electrons. The van der Waals surface area contributed by atoms with Gasteiger partial charge >= 0.3 is 5.24 Å². The maximum Gasteiger partial charge on any atom is 0.353 e. The van der Waals surface area contributed by atoms with Crippen LogP contribution in [0.3, 0.4) is 0 Å². The molecule has 62 valence electrons. The van der Waals surface area contributed by atoms with Crippen molar-refractivity contribution in [1.29, 1.82) is 0 Å². The van der Waals surface area contributed by atoms with Crippen LogP contribution in [0.4, 0.5) is 0 Å². The Morgan fingerprint density at radius 1 is 1.00 bits per heavy atom. The van der Waals surface area contributed by atoms with Gasteiger partial charge in [0, 0.05) is 12.2 Å². The van der Waals surface area contributed by atoms with E-state index in [1.165, 1.54) is 19.3 Å². The highest BCUT2D eigenvalue weighted by atomic mass is 32.1. The maximum absolute atomic E-state index is 5.35. The molecule has 1 saturated heterocycles. The highest BCUT2D eigenvalue weighted by molar-refractivity contribution is 7.79. The fraction of sp³-hybridized carbons (Fsp3) is 0.875. The Morgan fingerprint density at radius 3 is 2.09 bits per heavy atom. The molecular weight excluding hydrogens is 160 g/mol. The molecule has 0 aromatic carbocycles. The highest BCUT2D eigenvalue weighted by Gasteiger charge is 2.34. The van der Waals surface area contributed by atoms with Gasteiger partial charge < -0.3 is 9.47 Å². The van der Waals surface area contributed by atoms with Crippen LogP contribution >= 0.6 is 12.2 Å². The summed E-state index contributed by atoms with van der Waals surface area (Å²) in [6.45, 7) is 0. The fourth-order valence-corrected chi connectivity index (χ4v) is 2.03. The summed E-state index contributed by atoms with van der Waals surface area (Å²) < 4.78 is 10.7. The van der Waals surface area contributed by atoms with E-state index in [1.807, 2.05) is 0 Å². The first-order valence-electron chi connectivity index (χ1n) is 4.23. The van der Waals surface area contributed by atoms with Crippen molar-refractivity contribution in [3.63, 3.8) is 0 Å². The Labute approximate surface area is 71.9 Å². The molecule has 11 heavy (non-hydrogen) atoms. The third kappa shape index (κ3) is 1.48. The molecule has 1 saturated carbocycles. The molecular formula is C8H12O2S. The van der Waals surface area contributed by atoms with E-state index in [0.717, 1.165) is 12.8 Å². The van der Waals surface area contributed by atoms with Crippen LogP contribution in [0.1, 0.15) is 32.1 Å². The summed E-state index contributed by atoms with van der Waals surface area (Å²) in [7, 11) is 0. The van der Waals surface area contributed by atoms with E-state index in [-0.39, 0.29) is 12.2 Å². The van der Waals surface area contributed by atoms with Crippen LogP contribution in [-0.2, 0) is 9.47 Å². The lowest BCUT2D eigenvalue weighted by molar-refractivity contribution is 0.148. The van der Waals surface area contributed by atoms with Crippen molar-refractivity contribution < 1.29 is 9.47 Å². The third-order valence-corrected chi connectivity index (χ3v) is 2.58. The third-order valence-electron chi connectivity index (χ3n) is 2.39. The molecule has 1 aliphatic carbocycles. The first kappa shape index (κ1) is 7.35. The summed E-state index contributed by atoms with van der Waals surface area (Å²) in [4.78, 5) is 0. The lowest BCUT2D eigenvalue weighted by atomic mass is 10.1. The van der Waals surface area contributed by atoms with Crippen molar-refractivity contribution in [3.8, 4) is 0 Å². The van der Waals surface area contributed by atoms with E-state index < -0.39 is 0 Å². The minimum atomic E-state index is 0.269. The van der Waals surface area contributed by atoms with Gasteiger partial charge in [-0.1, -0.05) is 6.42 Å². The van der Waals surface area contributed by atoms with Gasteiger partial charge in [-0.2, -0.15) is 0 Å². The Morgan fingerprint density at radius 2 is 1.55 bits per heavy atom. The van der Waals surface area contributed by atoms with Crippen LogP contribution in [0, 0.1) is 0 Å². The quantitative estimate of drug-likeness (QED) is 0.521. The van der Waals surface area contributed by atoms with E-state index >= 15 is 0 Å². The number of hydrogen-bond acceptors (Lipinski definition) is 3. The van der Waals surface area contributed by atoms with Gasteiger partial charge in [0.2, 0.25) is 0 Å². The van der Waals surface area contributed by atoms with E-state index in [0.29, 0.717) is 5.24 Å². The van der Waals surface area contributed by atoms with Gasteiger partial charge in [-0.15, -0.1) is 0 Å². The maximum atomic E-state index is 5.35. The van der Waals surface area contributed by atoms with E-state index in [1.54, 1.807) is 0 Å². The van der Waals surface area contributed by atoms with Gasteiger partial charge in [0.15, 0.2) is 0 Å². The number of fused-ring (bicyclic) bond motifs is 1. The van der Waals surface area contributed by atoms with Crippen LogP contribution in [0.5, 0.6) is 0 Å². The van der Waals surface area contributed by atoms with E-state index in [4.69, 9.17) is 21.7 Å². The summed E-state index contributed by atoms with van der Waals surface area (Å²) in [5, 5.41) is 0.363. The Bertz CT molecular complexity index is 153. The molecule has 2 rings (SSSR count). The van der Waals surface area contributed by atoms with Crippen molar-refractivity contribution in [1.82, 2.24) is 0 Å². The number of ether oxygens (including phenoxy) is 2. The SMILES string of the molecule is S=C1OC2CCCCCC2O1. The molecule has 0 spiro atoms. The molecule has 1 aliphatic heterocycles. The van der Waals surface area contributed by atoms with Gasteiger partial charge in [0.1, 0.15) is 12.2 Å². The van der Waals surface area contributed by atoms with Crippen molar-refractivity contribution >= 4 is 17.5 Å². The van der Waals surface area contributed by atoms with Crippen molar-refractivity contribution in [2.75, 3.05) is 0 Å². The van der Waals surface area contributed by atoms with Crippen LogP contribution in [0.15, 0.2) is 0 Å². The summed E-state index contributed by atoms with van der Waals surface area (Å²) in [5.41, 5.74) is 0. The molecule has 0 N–H and O–H groups in total. The minimum absolute atomic E-state index is 0.269. The second-order valence-electron chi connectivity index (χ2n) is 3.20. The Kier molecular flexibility index (Phi) is 1.98. The molecule has 2 fully saturated rings. The first-order valence-corrected chi connectivity index (χ1v) is 4.64. The van der Waals surface area contributed by atoms with Gasteiger partial charge in [-0.05, 0) is 25.7 Å². The Hall–Kier alpha value is -0.310. The van der Waals surface area contributed by atoms with Crippen molar-refractivity contribution in [2.45, 2.75) is 44.3 Å². The lowest BCUT2D eigenvalue weighted by Gasteiger charge is -2.09. The van der Waals surface area contributed by atoms with Gasteiger partial charge in [-0.3, -0.25) is 0 Å². The zero-order valence-corrected chi connectivity index (χ0v) is 7.23. The van der Waals surface area contributed by atoms with Crippen molar-refractivity contribution in [2.24, 2.45) is 0 Å². The summed E-state index contributed by atoms with van der Waals surface area (Å²) >= 11 is 4.83. The molecule has 2 atom stereocenters. The highest BCUT2D eigenvalue weighted by Crippen LogP contribution is 2.28. The van der Waals surface area contributed by atoms with E-state index in [9.17, 15) is 0 Å². The van der Waals surface area contributed by atoms with Crippen LogP contribution in [0.25, 0.3) is 0 Å². The molecule has 2 unspecified atom stereocenters. The molecule has 1 heterocycles. The average molecular weight is 172 g/mol. The molecule has 0 aromatic heterocycles. The second kappa shape index (κ2) is 2.97. The number of hydrogen-bond donors (Lipinski definition) is 0. The standard InChI is InChI=1S/C8H12O2S/c11-8-9-6-4-2-1-3-5-7(6)10-8/h6-7H,1-5H2. The fourth-order valence-electron chi connectivity index (χ4n) is 1.78.